The second-order valence-electron chi connectivity index (χ2n) is 4.64. The van der Waals surface area contributed by atoms with Gasteiger partial charge in [-0.2, -0.15) is 8.78 Å². The van der Waals surface area contributed by atoms with Crippen LogP contribution in [0.15, 0.2) is 12.1 Å². The van der Waals surface area contributed by atoms with Gasteiger partial charge in [0, 0.05) is 0 Å². The van der Waals surface area contributed by atoms with E-state index in [0.717, 1.165) is 11.1 Å². The van der Waals surface area contributed by atoms with E-state index in [1.807, 2.05) is 27.7 Å². The van der Waals surface area contributed by atoms with Crippen LogP contribution in [0.5, 0.6) is 11.5 Å². The van der Waals surface area contributed by atoms with E-state index in [4.69, 9.17) is 0 Å². The Bertz CT molecular complexity index is 387. The topological polar surface area (TPSA) is 29.5 Å². The SMILES string of the molecule is CC(C)c1cc(O)c(OC(F)F)cc1C(C)C. The summed E-state index contributed by atoms with van der Waals surface area (Å²) in [4.78, 5) is 0. The zero-order chi connectivity index (χ0) is 13.2. The molecular formula is C13H18F2O2. The van der Waals surface area contributed by atoms with E-state index in [2.05, 4.69) is 4.74 Å². The van der Waals surface area contributed by atoms with Crippen molar-refractivity contribution >= 4 is 0 Å². The second-order valence-corrected chi connectivity index (χ2v) is 4.64. The van der Waals surface area contributed by atoms with Gasteiger partial charge in [0.15, 0.2) is 11.5 Å². The molecule has 0 aliphatic heterocycles. The fraction of sp³-hybridized carbons (Fsp3) is 0.538. The van der Waals surface area contributed by atoms with Crippen LogP contribution in [-0.2, 0) is 0 Å². The average Bonchev–Trinajstić information content (AvgIpc) is 2.19. The number of benzene rings is 1. The fourth-order valence-electron chi connectivity index (χ4n) is 1.79. The first-order chi connectivity index (χ1) is 7.82. The van der Waals surface area contributed by atoms with Crippen LogP contribution in [-0.4, -0.2) is 11.7 Å². The molecular weight excluding hydrogens is 226 g/mol. The molecule has 0 saturated carbocycles. The van der Waals surface area contributed by atoms with Crippen LogP contribution in [0.3, 0.4) is 0 Å². The van der Waals surface area contributed by atoms with Crippen molar-refractivity contribution in [2.45, 2.75) is 46.1 Å². The Hall–Kier alpha value is -1.32. The largest absolute Gasteiger partial charge is 0.504 e. The monoisotopic (exact) mass is 244 g/mol. The van der Waals surface area contributed by atoms with Gasteiger partial charge < -0.3 is 9.84 Å². The van der Waals surface area contributed by atoms with Crippen molar-refractivity contribution in [3.63, 3.8) is 0 Å². The van der Waals surface area contributed by atoms with E-state index in [9.17, 15) is 13.9 Å². The number of rotatable bonds is 4. The molecule has 1 rings (SSSR count). The zero-order valence-electron chi connectivity index (χ0n) is 10.5. The molecule has 0 aliphatic rings. The molecule has 0 bridgehead atoms. The van der Waals surface area contributed by atoms with Gasteiger partial charge >= 0.3 is 6.61 Å². The molecule has 0 radical (unpaired) electrons. The lowest BCUT2D eigenvalue weighted by molar-refractivity contribution is -0.0513. The molecule has 0 aromatic heterocycles. The van der Waals surface area contributed by atoms with Crippen molar-refractivity contribution in [2.24, 2.45) is 0 Å². The highest BCUT2D eigenvalue weighted by molar-refractivity contribution is 5.48. The summed E-state index contributed by atoms with van der Waals surface area (Å²) in [5.74, 6) is 0.0124. The number of ether oxygens (including phenoxy) is 1. The minimum Gasteiger partial charge on any atom is -0.504 e. The summed E-state index contributed by atoms with van der Waals surface area (Å²) in [6.07, 6.45) is 0. The summed E-state index contributed by atoms with van der Waals surface area (Å²) >= 11 is 0. The maximum atomic E-state index is 12.2. The van der Waals surface area contributed by atoms with E-state index in [1.54, 1.807) is 0 Å². The van der Waals surface area contributed by atoms with Gasteiger partial charge in [-0.25, -0.2) is 0 Å². The number of phenols is 1. The lowest BCUT2D eigenvalue weighted by Gasteiger charge is -2.18. The van der Waals surface area contributed by atoms with Crippen LogP contribution in [0.4, 0.5) is 8.78 Å². The lowest BCUT2D eigenvalue weighted by Crippen LogP contribution is -2.05. The molecule has 1 aromatic rings. The number of halogens is 2. The highest BCUT2D eigenvalue weighted by Crippen LogP contribution is 2.36. The van der Waals surface area contributed by atoms with E-state index in [1.165, 1.54) is 12.1 Å². The van der Waals surface area contributed by atoms with Gasteiger partial charge in [0.05, 0.1) is 0 Å². The Morgan fingerprint density at radius 1 is 1.00 bits per heavy atom. The summed E-state index contributed by atoms with van der Waals surface area (Å²) < 4.78 is 28.6. The Labute approximate surface area is 100 Å². The van der Waals surface area contributed by atoms with Gasteiger partial charge in [-0.1, -0.05) is 27.7 Å². The van der Waals surface area contributed by atoms with Crippen molar-refractivity contribution in [1.82, 2.24) is 0 Å². The van der Waals surface area contributed by atoms with Crippen LogP contribution in [0, 0.1) is 0 Å². The first-order valence-corrected chi connectivity index (χ1v) is 5.64. The van der Waals surface area contributed by atoms with E-state index in [0.29, 0.717) is 0 Å². The number of aromatic hydroxyl groups is 1. The smallest absolute Gasteiger partial charge is 0.387 e. The van der Waals surface area contributed by atoms with Crippen LogP contribution in [0.1, 0.15) is 50.7 Å². The van der Waals surface area contributed by atoms with E-state index >= 15 is 0 Å². The molecule has 96 valence electrons. The van der Waals surface area contributed by atoms with Crippen molar-refractivity contribution in [3.05, 3.63) is 23.3 Å². The third-order valence-electron chi connectivity index (χ3n) is 2.62. The Balaban J connectivity index is 3.24. The molecule has 0 fully saturated rings. The molecule has 0 atom stereocenters. The molecule has 0 heterocycles. The normalized spacial score (nSPS) is 11.6. The van der Waals surface area contributed by atoms with Gasteiger partial charge in [-0.05, 0) is 35.1 Å². The van der Waals surface area contributed by atoms with Gasteiger partial charge in [0.1, 0.15) is 0 Å². The molecule has 0 amide bonds. The molecule has 1 aromatic carbocycles. The fourth-order valence-corrected chi connectivity index (χ4v) is 1.79. The molecule has 1 N–H and O–H groups in total. The first kappa shape index (κ1) is 13.7. The predicted molar refractivity (Wildman–Crippen MR) is 62.9 cm³/mol. The lowest BCUT2D eigenvalue weighted by atomic mass is 9.90. The molecule has 4 heteroatoms. The molecule has 17 heavy (non-hydrogen) atoms. The third kappa shape index (κ3) is 3.32. The minimum absolute atomic E-state index is 0.159. The van der Waals surface area contributed by atoms with Gasteiger partial charge in [0.2, 0.25) is 0 Å². The summed E-state index contributed by atoms with van der Waals surface area (Å²) in [6, 6.07) is 3.01. The predicted octanol–water partition coefficient (Wildman–Crippen LogP) is 4.24. The van der Waals surface area contributed by atoms with Gasteiger partial charge in [0.25, 0.3) is 0 Å². The first-order valence-electron chi connectivity index (χ1n) is 5.64. The highest BCUT2D eigenvalue weighted by atomic mass is 19.3. The summed E-state index contributed by atoms with van der Waals surface area (Å²) in [7, 11) is 0. The van der Waals surface area contributed by atoms with Gasteiger partial charge in [-0.15, -0.1) is 0 Å². The van der Waals surface area contributed by atoms with E-state index < -0.39 is 6.61 Å². The molecule has 0 saturated heterocycles. The van der Waals surface area contributed by atoms with Crippen LogP contribution in [0.25, 0.3) is 0 Å². The average molecular weight is 244 g/mol. The molecule has 2 nitrogen and oxygen atoms in total. The Morgan fingerprint density at radius 3 is 1.88 bits per heavy atom. The Morgan fingerprint density at radius 2 is 1.47 bits per heavy atom. The minimum atomic E-state index is -2.93. The summed E-state index contributed by atoms with van der Waals surface area (Å²) in [5, 5.41) is 9.64. The van der Waals surface area contributed by atoms with Crippen LogP contribution in [0.2, 0.25) is 0 Å². The number of hydrogen-bond acceptors (Lipinski definition) is 2. The zero-order valence-corrected chi connectivity index (χ0v) is 10.5. The maximum Gasteiger partial charge on any atom is 0.387 e. The van der Waals surface area contributed by atoms with Crippen molar-refractivity contribution in [1.29, 1.82) is 0 Å². The highest BCUT2D eigenvalue weighted by Gasteiger charge is 2.17. The standard InChI is InChI=1S/C13H18F2O2/c1-7(2)9-5-11(16)12(17-13(14)15)6-10(9)8(3)4/h5-8,13,16H,1-4H3. The van der Waals surface area contributed by atoms with E-state index in [-0.39, 0.29) is 23.3 Å². The Kier molecular flexibility index (Phi) is 4.32. The number of phenolic OH excluding ortho intramolecular Hbond substituents is 1. The number of alkyl halides is 2. The van der Waals surface area contributed by atoms with Gasteiger partial charge in [-0.3, -0.25) is 0 Å². The van der Waals surface area contributed by atoms with Crippen molar-refractivity contribution < 1.29 is 18.6 Å². The van der Waals surface area contributed by atoms with Crippen LogP contribution < -0.4 is 4.74 Å². The van der Waals surface area contributed by atoms with Crippen molar-refractivity contribution in [2.75, 3.05) is 0 Å². The van der Waals surface area contributed by atoms with Crippen molar-refractivity contribution in [3.8, 4) is 11.5 Å². The summed E-state index contributed by atoms with van der Waals surface area (Å²) in [5.41, 5.74) is 1.88. The number of hydrogen-bond donors (Lipinski definition) is 1. The quantitative estimate of drug-likeness (QED) is 0.858. The van der Waals surface area contributed by atoms with Crippen LogP contribution >= 0.6 is 0 Å². The third-order valence-corrected chi connectivity index (χ3v) is 2.62. The molecule has 0 unspecified atom stereocenters. The molecule has 0 aliphatic carbocycles. The summed E-state index contributed by atoms with van der Waals surface area (Å²) in [6.45, 7) is 5.02. The maximum absolute atomic E-state index is 12.2. The second kappa shape index (κ2) is 5.34. The molecule has 0 spiro atoms.